The molecule has 0 aromatic rings. The number of hydrogen-bond acceptors (Lipinski definition) is 0. The summed E-state index contributed by atoms with van der Waals surface area (Å²) in [5.74, 6) is 0. The zero-order valence-electron chi connectivity index (χ0n) is 7.36. The van der Waals surface area contributed by atoms with E-state index in [0.717, 1.165) is 0 Å². The second-order valence-electron chi connectivity index (χ2n) is 2.97. The van der Waals surface area contributed by atoms with E-state index >= 15 is 0 Å². The summed E-state index contributed by atoms with van der Waals surface area (Å²) in [6, 6.07) is 0. The van der Waals surface area contributed by atoms with Crippen LogP contribution in [0.5, 0.6) is 0 Å². The van der Waals surface area contributed by atoms with Gasteiger partial charge >= 0.3 is 75.2 Å². The first kappa shape index (κ1) is 10.6. The molecule has 0 aromatic carbocycles. The number of hydrogen-bond donors (Lipinski definition) is 0. The predicted molar refractivity (Wildman–Crippen MR) is 42.8 cm³/mol. The van der Waals surface area contributed by atoms with Crippen molar-refractivity contribution in [3.63, 3.8) is 0 Å². The zero-order chi connectivity index (χ0) is 7.66. The van der Waals surface area contributed by atoms with Crippen LogP contribution in [0.2, 0.25) is 5.02 Å². The van der Waals surface area contributed by atoms with E-state index in [1.54, 1.807) is 0 Å². The van der Waals surface area contributed by atoms with Crippen molar-refractivity contribution >= 4 is 0 Å². The van der Waals surface area contributed by atoms with Gasteiger partial charge in [-0.15, -0.1) is 0 Å². The molecule has 0 spiro atoms. The van der Waals surface area contributed by atoms with Crippen LogP contribution in [0.25, 0.3) is 0 Å². The SMILES string of the molecule is CCCCCCCC[CH2][Zn]. The van der Waals surface area contributed by atoms with E-state index in [0.29, 0.717) is 0 Å². The maximum atomic E-state index is 2.27. The van der Waals surface area contributed by atoms with Gasteiger partial charge in [0.2, 0.25) is 0 Å². The van der Waals surface area contributed by atoms with Crippen LogP contribution < -0.4 is 0 Å². The molecule has 0 aliphatic rings. The summed E-state index contributed by atoms with van der Waals surface area (Å²) in [6.07, 6.45) is 10.2. The van der Waals surface area contributed by atoms with Crippen molar-refractivity contribution in [2.45, 2.75) is 56.9 Å². The van der Waals surface area contributed by atoms with Crippen molar-refractivity contribution in [1.29, 1.82) is 0 Å². The fourth-order valence-corrected chi connectivity index (χ4v) is 1.88. The summed E-state index contributed by atoms with van der Waals surface area (Å²) in [5.41, 5.74) is 0. The summed E-state index contributed by atoms with van der Waals surface area (Å²) in [5, 5.41) is 1.49. The summed E-state index contributed by atoms with van der Waals surface area (Å²) in [7, 11) is 0. The molecule has 0 nitrogen and oxygen atoms in total. The van der Waals surface area contributed by atoms with Gasteiger partial charge in [-0.05, 0) is 0 Å². The van der Waals surface area contributed by atoms with Gasteiger partial charge in [0.25, 0.3) is 0 Å². The van der Waals surface area contributed by atoms with E-state index in [4.69, 9.17) is 0 Å². The quantitative estimate of drug-likeness (QED) is 0.426. The molecule has 0 rings (SSSR count). The van der Waals surface area contributed by atoms with Crippen LogP contribution >= 0.6 is 0 Å². The normalized spacial score (nSPS) is 10.3. The molecule has 0 radical (unpaired) electrons. The molecule has 0 aliphatic heterocycles. The molecule has 57 valence electrons. The fraction of sp³-hybridized carbons (Fsp3) is 1.00. The van der Waals surface area contributed by atoms with Crippen LogP contribution in [0, 0.1) is 0 Å². The van der Waals surface area contributed by atoms with Gasteiger partial charge in [0, 0.05) is 0 Å². The Bertz CT molecular complexity index is 44.7. The van der Waals surface area contributed by atoms with Gasteiger partial charge in [-0.25, -0.2) is 0 Å². The van der Waals surface area contributed by atoms with E-state index in [1.807, 2.05) is 0 Å². The van der Waals surface area contributed by atoms with Gasteiger partial charge < -0.3 is 0 Å². The molecule has 0 heterocycles. The monoisotopic (exact) mass is 191 g/mol. The van der Waals surface area contributed by atoms with Crippen LogP contribution in [-0.2, 0) is 18.3 Å². The Morgan fingerprint density at radius 1 is 0.800 bits per heavy atom. The fourth-order valence-electron chi connectivity index (χ4n) is 1.13. The van der Waals surface area contributed by atoms with Crippen molar-refractivity contribution in [1.82, 2.24) is 0 Å². The second-order valence-corrected chi connectivity index (χ2v) is 4.46. The minimum absolute atomic E-state index is 1.38. The van der Waals surface area contributed by atoms with Crippen molar-refractivity contribution in [2.75, 3.05) is 0 Å². The average molecular weight is 193 g/mol. The summed E-state index contributed by atoms with van der Waals surface area (Å²) >= 11 is 1.50. The first-order valence-corrected chi connectivity index (χ1v) is 6.81. The summed E-state index contributed by atoms with van der Waals surface area (Å²) < 4.78 is 0. The topological polar surface area (TPSA) is 0 Å². The van der Waals surface area contributed by atoms with E-state index in [1.165, 1.54) is 68.3 Å². The van der Waals surface area contributed by atoms with Crippen LogP contribution in [0.1, 0.15) is 51.9 Å². The zero-order valence-corrected chi connectivity index (χ0v) is 10.3. The molecule has 0 aliphatic carbocycles. The van der Waals surface area contributed by atoms with Gasteiger partial charge in [-0.1, -0.05) is 0 Å². The van der Waals surface area contributed by atoms with Crippen LogP contribution in [0.3, 0.4) is 0 Å². The molecule has 0 N–H and O–H groups in total. The first-order chi connectivity index (χ1) is 4.91. The van der Waals surface area contributed by atoms with Gasteiger partial charge in [-0.3, -0.25) is 0 Å². The summed E-state index contributed by atoms with van der Waals surface area (Å²) in [4.78, 5) is 0. The van der Waals surface area contributed by atoms with Gasteiger partial charge in [0.1, 0.15) is 0 Å². The van der Waals surface area contributed by atoms with Gasteiger partial charge in [0.15, 0.2) is 0 Å². The Morgan fingerprint density at radius 2 is 1.30 bits per heavy atom. The molecule has 0 aromatic heterocycles. The molecular formula is C9H19Zn. The minimum atomic E-state index is 1.38. The Hall–Kier alpha value is 0.623. The van der Waals surface area contributed by atoms with Crippen LogP contribution in [-0.4, -0.2) is 0 Å². The van der Waals surface area contributed by atoms with E-state index in [-0.39, 0.29) is 0 Å². The molecule has 0 fully saturated rings. The van der Waals surface area contributed by atoms with E-state index in [9.17, 15) is 0 Å². The Balaban J connectivity index is 2.65. The molecule has 0 bridgehead atoms. The predicted octanol–water partition coefficient (Wildman–Crippen LogP) is 3.70. The molecule has 0 saturated heterocycles. The third kappa shape index (κ3) is 8.62. The Labute approximate surface area is 75.5 Å². The molecule has 0 amide bonds. The summed E-state index contributed by atoms with van der Waals surface area (Å²) in [6.45, 7) is 2.27. The standard InChI is InChI=1S/C9H19.Zn/c1-3-5-7-9-8-6-4-2;/h1,3-9H2,2H3;. The van der Waals surface area contributed by atoms with Gasteiger partial charge in [0.05, 0.1) is 0 Å². The maximum absolute atomic E-state index is 2.27. The van der Waals surface area contributed by atoms with Gasteiger partial charge in [-0.2, -0.15) is 0 Å². The molecule has 0 atom stereocenters. The van der Waals surface area contributed by atoms with Crippen molar-refractivity contribution in [3.8, 4) is 0 Å². The molecule has 1 heteroatoms. The van der Waals surface area contributed by atoms with Crippen molar-refractivity contribution in [2.24, 2.45) is 0 Å². The average Bonchev–Trinajstić information content (AvgIpc) is 1.97. The number of unbranched alkanes of at least 4 members (excludes halogenated alkanes) is 6. The molecular weight excluding hydrogens is 173 g/mol. The molecule has 10 heavy (non-hydrogen) atoms. The van der Waals surface area contributed by atoms with Crippen molar-refractivity contribution in [3.05, 3.63) is 0 Å². The molecule has 0 unspecified atom stereocenters. The van der Waals surface area contributed by atoms with E-state index < -0.39 is 0 Å². The van der Waals surface area contributed by atoms with E-state index in [2.05, 4.69) is 6.92 Å². The molecule has 0 saturated carbocycles. The van der Waals surface area contributed by atoms with Crippen LogP contribution in [0.4, 0.5) is 0 Å². The number of rotatable bonds is 7. The Kier molecular flexibility index (Phi) is 10.2. The van der Waals surface area contributed by atoms with Crippen LogP contribution in [0.15, 0.2) is 0 Å². The third-order valence-corrected chi connectivity index (χ3v) is 2.90. The third-order valence-electron chi connectivity index (χ3n) is 1.85. The van der Waals surface area contributed by atoms with Crippen molar-refractivity contribution < 1.29 is 18.3 Å². The Morgan fingerprint density at radius 3 is 1.80 bits per heavy atom. The first-order valence-electron chi connectivity index (χ1n) is 4.71. The second kappa shape index (κ2) is 9.62.